The van der Waals surface area contributed by atoms with Gasteiger partial charge in [0.15, 0.2) is 0 Å². The summed E-state index contributed by atoms with van der Waals surface area (Å²) < 4.78 is 2.16. The summed E-state index contributed by atoms with van der Waals surface area (Å²) in [7, 11) is 0. The number of nitrogens with one attached hydrogen (secondary N) is 1. The van der Waals surface area contributed by atoms with Crippen LogP contribution >= 0.6 is 11.6 Å². The van der Waals surface area contributed by atoms with Crippen molar-refractivity contribution < 1.29 is 4.79 Å². The van der Waals surface area contributed by atoms with Gasteiger partial charge in [-0.1, -0.05) is 53.6 Å². The zero-order valence-electron chi connectivity index (χ0n) is 17.3. The minimum absolute atomic E-state index is 0.0925. The molecule has 0 saturated heterocycles. The summed E-state index contributed by atoms with van der Waals surface area (Å²) >= 11 is 6.04. The number of benzene rings is 3. The molecule has 30 heavy (non-hydrogen) atoms. The summed E-state index contributed by atoms with van der Waals surface area (Å²) in [5.74, 6) is 0.731. The van der Waals surface area contributed by atoms with Crippen molar-refractivity contribution in [1.82, 2.24) is 14.9 Å². The van der Waals surface area contributed by atoms with Gasteiger partial charge in [-0.2, -0.15) is 0 Å². The van der Waals surface area contributed by atoms with Gasteiger partial charge in [0, 0.05) is 17.1 Å². The third kappa shape index (κ3) is 4.10. The third-order valence-corrected chi connectivity index (χ3v) is 5.55. The second-order valence-electron chi connectivity index (χ2n) is 7.68. The van der Waals surface area contributed by atoms with E-state index in [4.69, 9.17) is 16.6 Å². The Hall–Kier alpha value is -3.11. The minimum Gasteiger partial charge on any atom is -0.342 e. The van der Waals surface area contributed by atoms with Crippen LogP contribution in [0, 0.1) is 13.8 Å². The quantitative estimate of drug-likeness (QED) is 0.443. The van der Waals surface area contributed by atoms with E-state index in [0.717, 1.165) is 33.5 Å². The highest BCUT2D eigenvalue weighted by molar-refractivity contribution is 6.30. The van der Waals surface area contributed by atoms with Gasteiger partial charge < -0.3 is 9.88 Å². The second-order valence-corrected chi connectivity index (χ2v) is 8.12. The molecule has 0 aliphatic carbocycles. The molecule has 1 atom stereocenters. The number of fused-ring (bicyclic) bond motifs is 1. The Bertz CT molecular complexity index is 1210. The highest BCUT2D eigenvalue weighted by atomic mass is 35.5. The average molecular weight is 418 g/mol. The van der Waals surface area contributed by atoms with Gasteiger partial charge in [-0.15, -0.1) is 0 Å². The molecule has 1 N–H and O–H groups in total. The van der Waals surface area contributed by atoms with Crippen molar-refractivity contribution in [3.05, 3.63) is 99.8 Å². The molecular formula is C25H24ClN3O. The molecule has 0 aliphatic heterocycles. The topological polar surface area (TPSA) is 46.9 Å². The van der Waals surface area contributed by atoms with Crippen LogP contribution in [0.4, 0.5) is 0 Å². The first-order chi connectivity index (χ1) is 14.4. The molecule has 152 valence electrons. The molecule has 1 heterocycles. The lowest BCUT2D eigenvalue weighted by molar-refractivity contribution is 0.0937. The van der Waals surface area contributed by atoms with E-state index >= 15 is 0 Å². The number of aromatic nitrogens is 2. The van der Waals surface area contributed by atoms with E-state index in [1.165, 1.54) is 0 Å². The van der Waals surface area contributed by atoms with Crippen molar-refractivity contribution in [1.29, 1.82) is 0 Å². The first-order valence-corrected chi connectivity index (χ1v) is 10.4. The number of carbonyl (C=O) groups is 1. The molecular weight excluding hydrogens is 394 g/mol. The van der Waals surface area contributed by atoms with Crippen LogP contribution in [-0.2, 0) is 6.54 Å². The number of amides is 1. The average Bonchev–Trinajstić information content (AvgIpc) is 3.08. The molecule has 3 aromatic carbocycles. The Morgan fingerprint density at radius 1 is 1.07 bits per heavy atom. The van der Waals surface area contributed by atoms with Crippen LogP contribution in [-0.4, -0.2) is 15.5 Å². The number of imidazole rings is 1. The van der Waals surface area contributed by atoms with Crippen LogP contribution in [0.2, 0.25) is 5.02 Å². The van der Waals surface area contributed by atoms with Gasteiger partial charge in [-0.25, -0.2) is 4.98 Å². The van der Waals surface area contributed by atoms with Crippen LogP contribution in [0.1, 0.15) is 45.8 Å². The second kappa shape index (κ2) is 8.33. The van der Waals surface area contributed by atoms with E-state index in [0.29, 0.717) is 17.1 Å². The fraction of sp³-hybridized carbons (Fsp3) is 0.200. The third-order valence-electron chi connectivity index (χ3n) is 5.30. The maximum absolute atomic E-state index is 12.9. The predicted molar refractivity (Wildman–Crippen MR) is 122 cm³/mol. The summed E-state index contributed by atoms with van der Waals surface area (Å²) in [6, 6.07) is 21.5. The molecule has 4 rings (SSSR count). The summed E-state index contributed by atoms with van der Waals surface area (Å²) in [6.07, 6.45) is 0. The van der Waals surface area contributed by atoms with Gasteiger partial charge in [0.05, 0.1) is 17.1 Å². The summed E-state index contributed by atoms with van der Waals surface area (Å²) in [6.45, 7) is 6.61. The van der Waals surface area contributed by atoms with Crippen LogP contribution < -0.4 is 5.32 Å². The Morgan fingerprint density at radius 3 is 2.53 bits per heavy atom. The van der Waals surface area contributed by atoms with Gasteiger partial charge >= 0.3 is 0 Å². The van der Waals surface area contributed by atoms with E-state index in [2.05, 4.69) is 16.0 Å². The van der Waals surface area contributed by atoms with Gasteiger partial charge in [0.1, 0.15) is 5.82 Å². The Labute approximate surface area is 181 Å². The highest BCUT2D eigenvalue weighted by Crippen LogP contribution is 2.23. The van der Waals surface area contributed by atoms with Crippen LogP contribution in [0.5, 0.6) is 0 Å². The monoisotopic (exact) mass is 417 g/mol. The summed E-state index contributed by atoms with van der Waals surface area (Å²) in [4.78, 5) is 17.8. The summed E-state index contributed by atoms with van der Waals surface area (Å²) in [5, 5.41) is 3.84. The first kappa shape index (κ1) is 20.2. The molecule has 4 nitrogen and oxygen atoms in total. The van der Waals surface area contributed by atoms with E-state index < -0.39 is 0 Å². The van der Waals surface area contributed by atoms with Crippen molar-refractivity contribution in [2.24, 2.45) is 0 Å². The van der Waals surface area contributed by atoms with Gasteiger partial charge in [0.25, 0.3) is 5.91 Å². The van der Waals surface area contributed by atoms with E-state index in [1.807, 2.05) is 81.4 Å². The molecule has 0 aliphatic rings. The van der Waals surface area contributed by atoms with E-state index in [9.17, 15) is 4.79 Å². The molecule has 1 aromatic heterocycles. The molecule has 0 radical (unpaired) electrons. The number of para-hydroxylation sites is 2. The molecule has 1 amide bonds. The zero-order valence-corrected chi connectivity index (χ0v) is 18.1. The summed E-state index contributed by atoms with van der Waals surface area (Å²) in [5.41, 5.74) is 5.87. The number of hydrogen-bond acceptors (Lipinski definition) is 2. The van der Waals surface area contributed by atoms with E-state index in [-0.39, 0.29) is 11.9 Å². The number of aryl methyl sites for hydroxylation is 2. The Kier molecular flexibility index (Phi) is 5.60. The maximum atomic E-state index is 12.9. The lowest BCUT2D eigenvalue weighted by Gasteiger charge is -2.17. The molecule has 0 fully saturated rings. The molecule has 4 aromatic rings. The van der Waals surface area contributed by atoms with Crippen LogP contribution in [0.15, 0.2) is 66.7 Å². The van der Waals surface area contributed by atoms with Crippen LogP contribution in [0.3, 0.4) is 0 Å². The molecule has 0 spiro atoms. The highest BCUT2D eigenvalue weighted by Gasteiger charge is 2.20. The predicted octanol–water partition coefficient (Wildman–Crippen LogP) is 5.85. The molecule has 5 heteroatoms. The number of halogens is 1. The fourth-order valence-corrected chi connectivity index (χ4v) is 3.90. The first-order valence-electron chi connectivity index (χ1n) is 10.00. The minimum atomic E-state index is -0.252. The van der Waals surface area contributed by atoms with Crippen molar-refractivity contribution in [3.8, 4) is 0 Å². The van der Waals surface area contributed by atoms with Gasteiger partial charge in [-0.3, -0.25) is 4.79 Å². The number of nitrogens with zero attached hydrogens (tertiary/aromatic N) is 2. The maximum Gasteiger partial charge on any atom is 0.252 e. The fourth-order valence-electron chi connectivity index (χ4n) is 3.77. The van der Waals surface area contributed by atoms with E-state index in [1.54, 1.807) is 0 Å². The molecule has 0 bridgehead atoms. The zero-order chi connectivity index (χ0) is 21.3. The van der Waals surface area contributed by atoms with Gasteiger partial charge in [-0.05, 0) is 62.2 Å². The van der Waals surface area contributed by atoms with Crippen molar-refractivity contribution in [2.45, 2.75) is 33.4 Å². The largest absolute Gasteiger partial charge is 0.342 e. The number of rotatable bonds is 5. The SMILES string of the molecule is Cc1ccc(C(=O)NC(C)c2nc3ccccc3n2Cc2ccc(Cl)cc2)c(C)c1. The van der Waals surface area contributed by atoms with Crippen molar-refractivity contribution >= 4 is 28.5 Å². The lowest BCUT2D eigenvalue weighted by Crippen LogP contribution is -2.29. The lowest BCUT2D eigenvalue weighted by atomic mass is 10.0. The van der Waals surface area contributed by atoms with Crippen molar-refractivity contribution in [3.63, 3.8) is 0 Å². The molecule has 1 unspecified atom stereocenters. The number of hydrogen-bond donors (Lipinski definition) is 1. The van der Waals surface area contributed by atoms with Crippen LogP contribution in [0.25, 0.3) is 11.0 Å². The smallest absolute Gasteiger partial charge is 0.252 e. The number of carbonyl (C=O) groups excluding carboxylic acids is 1. The Balaban J connectivity index is 1.67. The van der Waals surface area contributed by atoms with Crippen molar-refractivity contribution in [2.75, 3.05) is 0 Å². The molecule has 0 saturated carbocycles. The standard InChI is InChI=1S/C25H24ClN3O/c1-16-8-13-21(17(2)14-16)25(30)27-18(3)24-28-22-6-4-5-7-23(22)29(24)15-19-9-11-20(26)12-10-19/h4-14,18H,15H2,1-3H3,(H,27,30). The normalized spacial score (nSPS) is 12.1. The van der Waals surface area contributed by atoms with Gasteiger partial charge in [0.2, 0.25) is 0 Å². The Morgan fingerprint density at radius 2 is 1.80 bits per heavy atom.